The minimum atomic E-state index is 0.392. The molecule has 0 saturated carbocycles. The third-order valence-corrected chi connectivity index (χ3v) is 6.46. The molecule has 0 unspecified atom stereocenters. The Morgan fingerprint density at radius 1 is 1.15 bits per heavy atom. The summed E-state index contributed by atoms with van der Waals surface area (Å²) >= 11 is 1.63. The molecule has 134 valence electrons. The van der Waals surface area contributed by atoms with Gasteiger partial charge in [0.15, 0.2) is 0 Å². The number of nitrogens with zero attached hydrogens (tertiary/aromatic N) is 3. The first-order chi connectivity index (χ1) is 13.2. The molecule has 0 saturated heterocycles. The number of pyridine rings is 1. The summed E-state index contributed by atoms with van der Waals surface area (Å²) in [5.74, 6) is 1.64. The number of hydrogen-bond donors (Lipinski definition) is 0. The SMILES string of the molecule is C[C@H]1[C@H](/C=C/c2ccc(-c3ccccc3C#N)cn2)c2cnsc2C[C@@H]1C. The highest BCUT2D eigenvalue weighted by Crippen LogP contribution is 2.41. The number of hydrogen-bond acceptors (Lipinski definition) is 4. The number of fused-ring (bicyclic) bond motifs is 1. The van der Waals surface area contributed by atoms with E-state index in [-0.39, 0.29) is 0 Å². The number of rotatable bonds is 3. The van der Waals surface area contributed by atoms with Crippen molar-refractivity contribution in [2.45, 2.75) is 26.2 Å². The van der Waals surface area contributed by atoms with Gasteiger partial charge in [-0.1, -0.05) is 44.2 Å². The first-order valence-electron chi connectivity index (χ1n) is 9.24. The molecule has 0 aliphatic heterocycles. The average Bonchev–Trinajstić information content (AvgIpc) is 3.16. The van der Waals surface area contributed by atoms with Gasteiger partial charge >= 0.3 is 0 Å². The molecule has 1 aromatic carbocycles. The molecular weight excluding hydrogens is 350 g/mol. The second-order valence-electron chi connectivity index (χ2n) is 7.26. The first-order valence-corrected chi connectivity index (χ1v) is 10.0. The predicted octanol–water partition coefficient (Wildman–Crippen LogP) is 5.70. The van der Waals surface area contributed by atoms with Crippen LogP contribution in [0.3, 0.4) is 0 Å². The van der Waals surface area contributed by atoms with Gasteiger partial charge in [0, 0.05) is 34.3 Å². The second kappa shape index (κ2) is 7.46. The fourth-order valence-corrected chi connectivity index (χ4v) is 4.72. The average molecular weight is 372 g/mol. The predicted molar refractivity (Wildman–Crippen MR) is 110 cm³/mol. The van der Waals surface area contributed by atoms with Gasteiger partial charge in [0.25, 0.3) is 0 Å². The standard InChI is InChI=1S/C23H21N3S/c1-15-11-23-22(14-26-27-23)20(16(15)2)10-9-19-8-7-18(13-25-19)21-6-4-3-5-17(21)12-24/h3-10,13-16,20H,11H2,1-2H3/b10-9+/t15-,16+,20-/m0/s1. The zero-order valence-corrected chi connectivity index (χ0v) is 16.3. The zero-order valence-electron chi connectivity index (χ0n) is 15.5. The maximum absolute atomic E-state index is 9.29. The topological polar surface area (TPSA) is 49.6 Å². The van der Waals surface area contributed by atoms with Crippen molar-refractivity contribution in [3.63, 3.8) is 0 Å². The van der Waals surface area contributed by atoms with Crippen LogP contribution in [0.15, 0.2) is 54.9 Å². The summed E-state index contributed by atoms with van der Waals surface area (Å²) < 4.78 is 4.41. The van der Waals surface area contributed by atoms with Crippen molar-refractivity contribution in [1.29, 1.82) is 5.26 Å². The monoisotopic (exact) mass is 371 g/mol. The molecule has 0 radical (unpaired) electrons. The molecule has 0 bridgehead atoms. The number of allylic oxidation sites excluding steroid dienone is 1. The molecule has 0 N–H and O–H groups in total. The Balaban J connectivity index is 1.58. The van der Waals surface area contributed by atoms with Gasteiger partial charge in [0.1, 0.15) is 0 Å². The Labute approximate surface area is 164 Å². The van der Waals surface area contributed by atoms with Crippen LogP contribution in [0, 0.1) is 23.2 Å². The molecule has 2 aromatic heterocycles. The number of nitriles is 1. The van der Waals surface area contributed by atoms with Crippen molar-refractivity contribution in [2.75, 3.05) is 0 Å². The Bertz CT molecular complexity index is 1010. The van der Waals surface area contributed by atoms with Crippen LogP contribution in [0.4, 0.5) is 0 Å². The maximum atomic E-state index is 9.29. The molecule has 3 aromatic rings. The summed E-state index contributed by atoms with van der Waals surface area (Å²) in [6.45, 7) is 4.66. The lowest BCUT2D eigenvalue weighted by atomic mass is 9.73. The van der Waals surface area contributed by atoms with Crippen LogP contribution in [0.25, 0.3) is 17.2 Å². The Hall–Kier alpha value is -2.77. The third kappa shape index (κ3) is 3.43. The normalized spacial score (nSPS) is 21.7. The van der Waals surface area contributed by atoms with Crippen molar-refractivity contribution in [3.8, 4) is 17.2 Å². The van der Waals surface area contributed by atoms with E-state index in [0.29, 0.717) is 23.3 Å². The minimum absolute atomic E-state index is 0.392. The molecule has 27 heavy (non-hydrogen) atoms. The molecule has 1 aliphatic carbocycles. The second-order valence-corrected chi connectivity index (χ2v) is 8.15. The number of aromatic nitrogens is 2. The Morgan fingerprint density at radius 2 is 2.00 bits per heavy atom. The van der Waals surface area contributed by atoms with Crippen LogP contribution in [0.5, 0.6) is 0 Å². The fourth-order valence-electron chi connectivity index (χ4n) is 3.79. The number of benzene rings is 1. The molecular formula is C23H21N3S. The van der Waals surface area contributed by atoms with Gasteiger partial charge in [0.05, 0.1) is 17.3 Å². The van der Waals surface area contributed by atoms with Crippen LogP contribution in [0.1, 0.15) is 41.5 Å². The largest absolute Gasteiger partial charge is 0.256 e. The van der Waals surface area contributed by atoms with Crippen LogP contribution < -0.4 is 0 Å². The maximum Gasteiger partial charge on any atom is 0.0998 e. The quantitative estimate of drug-likeness (QED) is 0.593. The smallest absolute Gasteiger partial charge is 0.0998 e. The summed E-state index contributed by atoms with van der Waals surface area (Å²) in [6.07, 6.45) is 9.41. The van der Waals surface area contributed by atoms with E-state index in [1.54, 1.807) is 11.5 Å². The molecule has 0 spiro atoms. The molecule has 0 fully saturated rings. The van der Waals surface area contributed by atoms with Gasteiger partial charge in [-0.05, 0) is 53.6 Å². The van der Waals surface area contributed by atoms with E-state index < -0.39 is 0 Å². The van der Waals surface area contributed by atoms with E-state index in [9.17, 15) is 5.26 Å². The van der Waals surface area contributed by atoms with E-state index in [4.69, 9.17) is 0 Å². The Kier molecular flexibility index (Phi) is 4.87. The molecule has 3 nitrogen and oxygen atoms in total. The molecule has 0 amide bonds. The van der Waals surface area contributed by atoms with Gasteiger partial charge < -0.3 is 0 Å². The van der Waals surface area contributed by atoms with Crippen LogP contribution in [-0.2, 0) is 6.42 Å². The van der Waals surface area contributed by atoms with E-state index in [1.165, 1.54) is 10.4 Å². The molecule has 3 atom stereocenters. The molecule has 1 aliphatic rings. The molecule has 4 rings (SSSR count). The summed E-state index contributed by atoms with van der Waals surface area (Å²) in [5, 5.41) is 9.29. The lowest BCUT2D eigenvalue weighted by Gasteiger charge is -2.31. The summed E-state index contributed by atoms with van der Waals surface area (Å²) in [6, 6.07) is 13.9. The van der Waals surface area contributed by atoms with Crippen molar-refractivity contribution < 1.29 is 0 Å². The van der Waals surface area contributed by atoms with E-state index in [1.807, 2.05) is 48.8 Å². The molecule has 2 heterocycles. The fraction of sp³-hybridized carbons (Fsp3) is 0.261. The van der Waals surface area contributed by atoms with Gasteiger partial charge in [-0.2, -0.15) is 5.26 Å². The van der Waals surface area contributed by atoms with Crippen molar-refractivity contribution in [2.24, 2.45) is 11.8 Å². The van der Waals surface area contributed by atoms with Crippen molar-refractivity contribution >= 4 is 17.6 Å². The van der Waals surface area contributed by atoms with E-state index in [2.05, 4.69) is 41.4 Å². The highest BCUT2D eigenvalue weighted by Gasteiger charge is 2.31. The van der Waals surface area contributed by atoms with Gasteiger partial charge in [0.2, 0.25) is 0 Å². The van der Waals surface area contributed by atoms with E-state index >= 15 is 0 Å². The van der Waals surface area contributed by atoms with Crippen molar-refractivity contribution in [1.82, 2.24) is 9.36 Å². The lowest BCUT2D eigenvalue weighted by Crippen LogP contribution is -2.23. The van der Waals surface area contributed by atoms with E-state index in [0.717, 1.165) is 23.2 Å². The highest BCUT2D eigenvalue weighted by atomic mass is 32.1. The molecule has 4 heteroatoms. The zero-order chi connectivity index (χ0) is 18.8. The summed E-state index contributed by atoms with van der Waals surface area (Å²) in [4.78, 5) is 6.02. The van der Waals surface area contributed by atoms with Crippen LogP contribution >= 0.6 is 11.5 Å². The van der Waals surface area contributed by atoms with Crippen LogP contribution in [0.2, 0.25) is 0 Å². The van der Waals surface area contributed by atoms with Gasteiger partial charge in [-0.3, -0.25) is 4.98 Å². The minimum Gasteiger partial charge on any atom is -0.256 e. The summed E-state index contributed by atoms with van der Waals surface area (Å²) in [5.41, 5.74) is 4.87. The van der Waals surface area contributed by atoms with Crippen LogP contribution in [-0.4, -0.2) is 9.36 Å². The highest BCUT2D eigenvalue weighted by molar-refractivity contribution is 7.05. The summed E-state index contributed by atoms with van der Waals surface area (Å²) in [7, 11) is 0. The van der Waals surface area contributed by atoms with Gasteiger partial charge in [-0.25, -0.2) is 4.37 Å². The lowest BCUT2D eigenvalue weighted by molar-refractivity contribution is 0.335. The third-order valence-electron chi connectivity index (χ3n) is 5.63. The van der Waals surface area contributed by atoms with Gasteiger partial charge in [-0.15, -0.1) is 0 Å². The Morgan fingerprint density at radius 3 is 2.78 bits per heavy atom. The van der Waals surface area contributed by atoms with Crippen molar-refractivity contribution in [3.05, 3.63) is 76.6 Å². The first kappa shape index (κ1) is 17.6.